The summed E-state index contributed by atoms with van der Waals surface area (Å²) in [5, 5.41) is 21.4. The third kappa shape index (κ3) is 3.30. The average molecular weight is 396 g/mol. The number of carbonyl (C=O) groups excluding carboxylic acids is 2. The zero-order valence-corrected chi connectivity index (χ0v) is 16.3. The Morgan fingerprint density at radius 2 is 1.76 bits per heavy atom. The number of hydrogen-bond donors (Lipinski definition) is 2. The minimum absolute atomic E-state index is 0.0384. The number of carboxylic acids is 1. The Balaban J connectivity index is 1.54. The Morgan fingerprint density at radius 3 is 2.38 bits per heavy atom. The Bertz CT molecular complexity index is 970. The topological polar surface area (TPSA) is 98.2 Å². The van der Waals surface area contributed by atoms with Crippen LogP contribution in [0.25, 0.3) is 10.8 Å². The van der Waals surface area contributed by atoms with Crippen molar-refractivity contribution in [1.29, 1.82) is 0 Å². The minimum atomic E-state index is -0.976. The van der Waals surface area contributed by atoms with E-state index in [2.05, 4.69) is 0 Å². The molecular weight excluding hydrogens is 372 g/mol. The van der Waals surface area contributed by atoms with Crippen molar-refractivity contribution in [2.75, 3.05) is 19.6 Å². The lowest BCUT2D eigenvalue weighted by Gasteiger charge is -2.39. The smallest absolute Gasteiger partial charge is 0.326 e. The van der Waals surface area contributed by atoms with Crippen LogP contribution >= 0.6 is 0 Å². The molecule has 0 unspecified atom stereocenters. The van der Waals surface area contributed by atoms with Gasteiger partial charge >= 0.3 is 5.97 Å². The normalized spacial score (nSPS) is 20.9. The van der Waals surface area contributed by atoms with Gasteiger partial charge in [-0.2, -0.15) is 0 Å². The van der Waals surface area contributed by atoms with Crippen molar-refractivity contribution in [3.63, 3.8) is 0 Å². The van der Waals surface area contributed by atoms with Crippen LogP contribution in [0.5, 0.6) is 5.75 Å². The number of benzene rings is 2. The predicted octanol–water partition coefficient (Wildman–Crippen LogP) is 2.47. The van der Waals surface area contributed by atoms with Gasteiger partial charge in [-0.25, -0.2) is 4.79 Å². The molecule has 0 bridgehead atoms. The molecule has 0 aliphatic carbocycles. The van der Waals surface area contributed by atoms with Gasteiger partial charge in [0.2, 0.25) is 5.91 Å². The van der Waals surface area contributed by atoms with Crippen molar-refractivity contribution >= 4 is 28.6 Å². The number of likely N-dealkylation sites (tertiary alicyclic amines) is 2. The second-order valence-corrected chi connectivity index (χ2v) is 8.18. The number of rotatable bonds is 2. The Kier molecular flexibility index (Phi) is 4.68. The molecule has 0 saturated carbocycles. The van der Waals surface area contributed by atoms with Gasteiger partial charge in [-0.05, 0) is 41.5 Å². The fourth-order valence-electron chi connectivity index (χ4n) is 4.80. The summed E-state index contributed by atoms with van der Waals surface area (Å²) < 4.78 is 0. The van der Waals surface area contributed by atoms with E-state index in [0.29, 0.717) is 49.8 Å². The first-order valence-corrected chi connectivity index (χ1v) is 9.81. The molecule has 2 aromatic carbocycles. The van der Waals surface area contributed by atoms with Gasteiger partial charge in [-0.15, -0.1) is 0 Å². The molecule has 1 spiro atoms. The third-order valence-electron chi connectivity index (χ3n) is 6.43. The van der Waals surface area contributed by atoms with Crippen LogP contribution in [0.15, 0.2) is 36.4 Å². The van der Waals surface area contributed by atoms with E-state index >= 15 is 0 Å². The van der Waals surface area contributed by atoms with Crippen LogP contribution in [-0.4, -0.2) is 63.5 Å². The first-order chi connectivity index (χ1) is 13.8. The summed E-state index contributed by atoms with van der Waals surface area (Å²) in [6.45, 7) is 2.76. The SMILES string of the molecule is CC(=O)N1CC2(CCN(C(=O)c3c(O)ccc4ccccc34)CC2)C[C@@H]1C(=O)O. The van der Waals surface area contributed by atoms with E-state index in [1.807, 2.05) is 24.3 Å². The number of nitrogens with zero attached hydrogens (tertiary/aromatic N) is 2. The molecule has 29 heavy (non-hydrogen) atoms. The molecule has 7 nitrogen and oxygen atoms in total. The molecule has 2 fully saturated rings. The number of fused-ring (bicyclic) bond motifs is 1. The van der Waals surface area contributed by atoms with Crippen LogP contribution < -0.4 is 0 Å². The van der Waals surface area contributed by atoms with Gasteiger partial charge in [0.1, 0.15) is 11.8 Å². The quantitative estimate of drug-likeness (QED) is 0.813. The summed E-state index contributed by atoms with van der Waals surface area (Å²) in [6, 6.07) is 9.98. The standard InChI is InChI=1S/C22H24N2O5/c1-14(25)24-13-22(12-17(24)21(28)29)8-10-23(11-9-22)20(27)19-16-5-3-2-4-15(16)6-7-18(19)26/h2-7,17,26H,8-13H2,1H3,(H,28,29)/t17-/m1/s1. The highest BCUT2D eigenvalue weighted by Crippen LogP contribution is 2.44. The van der Waals surface area contributed by atoms with Crippen LogP contribution in [0.3, 0.4) is 0 Å². The van der Waals surface area contributed by atoms with E-state index in [4.69, 9.17) is 0 Å². The second-order valence-electron chi connectivity index (χ2n) is 8.18. The fraction of sp³-hybridized carbons (Fsp3) is 0.409. The minimum Gasteiger partial charge on any atom is -0.507 e. The number of phenolic OH excluding ortho intramolecular Hbond substituents is 1. The lowest BCUT2D eigenvalue weighted by molar-refractivity contribution is -0.147. The molecule has 7 heteroatoms. The number of amides is 2. The first kappa shape index (κ1) is 19.2. The van der Waals surface area contributed by atoms with Crippen LogP contribution in [0.2, 0.25) is 0 Å². The van der Waals surface area contributed by atoms with Gasteiger partial charge in [-0.1, -0.05) is 30.3 Å². The van der Waals surface area contributed by atoms with Crippen LogP contribution in [0.4, 0.5) is 0 Å². The van der Waals surface area contributed by atoms with E-state index in [-0.39, 0.29) is 23.0 Å². The summed E-state index contributed by atoms with van der Waals surface area (Å²) in [6.07, 6.45) is 1.69. The molecule has 2 N–H and O–H groups in total. The molecule has 2 heterocycles. The van der Waals surface area contributed by atoms with E-state index in [0.717, 1.165) is 5.39 Å². The predicted molar refractivity (Wildman–Crippen MR) is 107 cm³/mol. The fourth-order valence-corrected chi connectivity index (χ4v) is 4.80. The van der Waals surface area contributed by atoms with Gasteiger partial charge in [0.05, 0.1) is 5.56 Å². The highest BCUT2D eigenvalue weighted by molar-refractivity contribution is 6.09. The zero-order chi connectivity index (χ0) is 20.8. The van der Waals surface area contributed by atoms with Gasteiger partial charge in [0.15, 0.2) is 0 Å². The summed E-state index contributed by atoms with van der Waals surface area (Å²) in [5.41, 5.74) is 0.0333. The highest BCUT2D eigenvalue weighted by atomic mass is 16.4. The third-order valence-corrected chi connectivity index (χ3v) is 6.43. The van der Waals surface area contributed by atoms with Gasteiger partial charge in [-0.3, -0.25) is 9.59 Å². The molecule has 2 saturated heterocycles. The molecule has 152 valence electrons. The number of hydrogen-bond acceptors (Lipinski definition) is 4. The molecule has 1 atom stereocenters. The van der Waals surface area contributed by atoms with Crippen molar-refractivity contribution in [1.82, 2.24) is 9.80 Å². The summed E-state index contributed by atoms with van der Waals surface area (Å²) in [4.78, 5) is 39.8. The van der Waals surface area contributed by atoms with Crippen molar-refractivity contribution in [3.8, 4) is 5.75 Å². The van der Waals surface area contributed by atoms with Gasteiger partial charge < -0.3 is 20.0 Å². The summed E-state index contributed by atoms with van der Waals surface area (Å²) in [7, 11) is 0. The molecule has 4 rings (SSSR count). The molecule has 0 radical (unpaired) electrons. The Morgan fingerprint density at radius 1 is 1.07 bits per heavy atom. The molecule has 2 aliphatic heterocycles. The summed E-state index contributed by atoms with van der Waals surface area (Å²) in [5.74, 6) is -1.46. The van der Waals surface area contributed by atoms with Gasteiger partial charge in [0, 0.05) is 26.6 Å². The number of carboxylic acid groups (broad SMARTS) is 1. The molecule has 2 aliphatic rings. The molecule has 2 aromatic rings. The summed E-state index contributed by atoms with van der Waals surface area (Å²) >= 11 is 0. The molecule has 0 aromatic heterocycles. The average Bonchev–Trinajstić information content (AvgIpc) is 3.08. The van der Waals surface area contributed by atoms with Crippen LogP contribution in [0.1, 0.15) is 36.5 Å². The lowest BCUT2D eigenvalue weighted by Crippen LogP contribution is -2.44. The van der Waals surface area contributed by atoms with Crippen LogP contribution in [0, 0.1) is 5.41 Å². The monoisotopic (exact) mass is 396 g/mol. The van der Waals surface area contributed by atoms with Crippen LogP contribution in [-0.2, 0) is 9.59 Å². The van der Waals surface area contributed by atoms with Crippen molar-refractivity contribution < 1.29 is 24.6 Å². The van der Waals surface area contributed by atoms with Gasteiger partial charge in [0.25, 0.3) is 5.91 Å². The number of piperidine rings is 1. The van der Waals surface area contributed by atoms with E-state index < -0.39 is 12.0 Å². The first-order valence-electron chi connectivity index (χ1n) is 9.81. The second kappa shape index (κ2) is 7.06. The highest BCUT2D eigenvalue weighted by Gasteiger charge is 2.49. The maximum absolute atomic E-state index is 13.2. The van der Waals surface area contributed by atoms with Crippen molar-refractivity contribution in [2.45, 2.75) is 32.2 Å². The number of aliphatic carboxylic acids is 1. The number of aromatic hydroxyl groups is 1. The molecule has 2 amide bonds. The van der Waals surface area contributed by atoms with E-state index in [9.17, 15) is 24.6 Å². The van der Waals surface area contributed by atoms with Crippen molar-refractivity contribution in [2.24, 2.45) is 5.41 Å². The van der Waals surface area contributed by atoms with E-state index in [1.165, 1.54) is 11.8 Å². The number of phenols is 1. The Hall–Kier alpha value is -3.09. The van der Waals surface area contributed by atoms with Crippen molar-refractivity contribution in [3.05, 3.63) is 42.0 Å². The number of carbonyl (C=O) groups is 3. The largest absolute Gasteiger partial charge is 0.507 e. The lowest BCUT2D eigenvalue weighted by atomic mass is 9.76. The molecular formula is C22H24N2O5. The maximum atomic E-state index is 13.2. The maximum Gasteiger partial charge on any atom is 0.326 e. The van der Waals surface area contributed by atoms with E-state index in [1.54, 1.807) is 17.0 Å². The Labute approximate surface area is 168 Å². The zero-order valence-electron chi connectivity index (χ0n) is 16.3.